The highest BCUT2D eigenvalue weighted by Crippen LogP contribution is 2.18. The maximum atomic E-state index is 12.7. The molecule has 0 N–H and O–H groups in total. The first kappa shape index (κ1) is 17.7. The van der Waals surface area contributed by atoms with Crippen molar-refractivity contribution >= 4 is 15.7 Å². The van der Waals surface area contributed by atoms with E-state index in [2.05, 4.69) is 6.07 Å². The molecule has 5 nitrogen and oxygen atoms in total. The van der Waals surface area contributed by atoms with Crippen LogP contribution in [0.3, 0.4) is 0 Å². The Bertz CT molecular complexity index is 928. The summed E-state index contributed by atoms with van der Waals surface area (Å²) in [6, 6.07) is 13.6. The molecule has 1 amide bonds. The molecule has 0 aromatic heterocycles. The zero-order chi connectivity index (χ0) is 17.9. The summed E-state index contributed by atoms with van der Waals surface area (Å²) in [5, 5.41) is 8.94. The van der Waals surface area contributed by atoms with Gasteiger partial charge in [0.1, 0.15) is 0 Å². The molecule has 0 saturated heterocycles. The highest BCUT2D eigenvalue weighted by molar-refractivity contribution is 7.90. The standard InChI is InChI=1S/C18H18N2O3S/c1-13-7-8-16(24(3,22)23)10-17(13)18(21)20(2)12-15-6-4-5-14(9-15)11-19/h4-10H,12H2,1-3H3. The van der Waals surface area contributed by atoms with Gasteiger partial charge in [-0.15, -0.1) is 0 Å². The molecule has 2 aromatic carbocycles. The average molecular weight is 342 g/mol. The van der Waals surface area contributed by atoms with Crippen molar-refractivity contribution in [3.05, 3.63) is 64.7 Å². The van der Waals surface area contributed by atoms with Gasteiger partial charge in [-0.25, -0.2) is 8.42 Å². The highest BCUT2D eigenvalue weighted by atomic mass is 32.2. The first-order valence-corrected chi connectivity index (χ1v) is 9.16. The van der Waals surface area contributed by atoms with Gasteiger partial charge in [0.15, 0.2) is 9.84 Å². The normalized spacial score (nSPS) is 10.9. The largest absolute Gasteiger partial charge is 0.337 e. The zero-order valence-corrected chi connectivity index (χ0v) is 14.6. The molecule has 2 aromatic rings. The number of carbonyl (C=O) groups excluding carboxylic acids is 1. The van der Waals surface area contributed by atoms with Crippen LogP contribution in [0.25, 0.3) is 0 Å². The van der Waals surface area contributed by atoms with Crippen molar-refractivity contribution in [1.82, 2.24) is 4.90 Å². The van der Waals surface area contributed by atoms with Crippen molar-refractivity contribution in [1.29, 1.82) is 5.26 Å². The Morgan fingerprint density at radius 3 is 2.54 bits per heavy atom. The van der Waals surface area contributed by atoms with Crippen LogP contribution in [0.2, 0.25) is 0 Å². The van der Waals surface area contributed by atoms with Crippen LogP contribution in [0.4, 0.5) is 0 Å². The second kappa shape index (κ2) is 6.85. The summed E-state index contributed by atoms with van der Waals surface area (Å²) in [5.74, 6) is -0.264. The van der Waals surface area contributed by atoms with E-state index in [0.717, 1.165) is 11.8 Å². The van der Waals surface area contributed by atoms with Gasteiger partial charge in [-0.3, -0.25) is 4.79 Å². The summed E-state index contributed by atoms with van der Waals surface area (Å²) in [6.45, 7) is 2.10. The minimum Gasteiger partial charge on any atom is -0.337 e. The minimum atomic E-state index is -3.38. The maximum absolute atomic E-state index is 12.7. The number of nitrogens with zero attached hydrogens (tertiary/aromatic N) is 2. The summed E-state index contributed by atoms with van der Waals surface area (Å²) >= 11 is 0. The quantitative estimate of drug-likeness (QED) is 0.855. The Morgan fingerprint density at radius 2 is 1.92 bits per heavy atom. The monoisotopic (exact) mass is 342 g/mol. The fourth-order valence-corrected chi connectivity index (χ4v) is 3.00. The van der Waals surface area contributed by atoms with Crippen molar-refractivity contribution in [2.75, 3.05) is 13.3 Å². The van der Waals surface area contributed by atoms with Crippen LogP contribution in [0.5, 0.6) is 0 Å². The Hall–Kier alpha value is -2.65. The van der Waals surface area contributed by atoms with Crippen LogP contribution in [0, 0.1) is 18.3 Å². The minimum absolute atomic E-state index is 0.122. The number of benzene rings is 2. The number of aryl methyl sites for hydroxylation is 1. The Morgan fingerprint density at radius 1 is 1.21 bits per heavy atom. The van der Waals surface area contributed by atoms with Crippen molar-refractivity contribution in [3.8, 4) is 6.07 Å². The molecule has 2 rings (SSSR count). The molecule has 0 saturated carbocycles. The average Bonchev–Trinajstić information content (AvgIpc) is 2.53. The summed E-state index contributed by atoms with van der Waals surface area (Å²) in [7, 11) is -1.73. The van der Waals surface area contributed by atoms with E-state index in [9.17, 15) is 13.2 Å². The number of sulfone groups is 1. The van der Waals surface area contributed by atoms with Crippen molar-refractivity contribution < 1.29 is 13.2 Å². The molecule has 0 heterocycles. The molecule has 0 radical (unpaired) electrons. The summed E-state index contributed by atoms with van der Waals surface area (Å²) in [4.78, 5) is 14.3. The predicted octanol–water partition coefficient (Wildman–Crippen LogP) is 2.54. The topological polar surface area (TPSA) is 78.2 Å². The first-order valence-electron chi connectivity index (χ1n) is 7.27. The summed E-state index contributed by atoms with van der Waals surface area (Å²) in [6.07, 6.45) is 1.11. The van der Waals surface area contributed by atoms with Gasteiger partial charge in [-0.2, -0.15) is 5.26 Å². The molecule has 0 unspecified atom stereocenters. The van der Waals surface area contributed by atoms with E-state index in [0.29, 0.717) is 23.2 Å². The van der Waals surface area contributed by atoms with Crippen LogP contribution >= 0.6 is 0 Å². The Kier molecular flexibility index (Phi) is 5.05. The molecule has 0 spiro atoms. The van der Waals surface area contributed by atoms with Gasteiger partial charge in [-0.05, 0) is 42.3 Å². The van der Waals surface area contributed by atoms with E-state index in [1.54, 1.807) is 38.2 Å². The van der Waals surface area contributed by atoms with E-state index in [1.807, 2.05) is 6.07 Å². The molecule has 6 heteroatoms. The fourth-order valence-electron chi connectivity index (χ4n) is 2.35. The van der Waals surface area contributed by atoms with E-state index in [1.165, 1.54) is 17.0 Å². The zero-order valence-electron chi connectivity index (χ0n) is 13.8. The lowest BCUT2D eigenvalue weighted by atomic mass is 10.1. The third kappa shape index (κ3) is 4.00. The molecule has 0 bridgehead atoms. The van der Waals surface area contributed by atoms with E-state index < -0.39 is 9.84 Å². The van der Waals surface area contributed by atoms with Gasteiger partial charge >= 0.3 is 0 Å². The molecular formula is C18H18N2O3S. The number of rotatable bonds is 4. The van der Waals surface area contributed by atoms with Crippen LogP contribution in [-0.4, -0.2) is 32.5 Å². The number of amides is 1. The summed E-state index contributed by atoms with van der Waals surface area (Å²) in [5.41, 5.74) is 2.44. The van der Waals surface area contributed by atoms with Crippen LogP contribution in [0.1, 0.15) is 27.0 Å². The number of nitriles is 1. The highest BCUT2D eigenvalue weighted by Gasteiger charge is 2.18. The van der Waals surface area contributed by atoms with Gasteiger partial charge in [0.25, 0.3) is 5.91 Å². The lowest BCUT2D eigenvalue weighted by molar-refractivity contribution is 0.0784. The van der Waals surface area contributed by atoms with E-state index in [4.69, 9.17) is 5.26 Å². The SMILES string of the molecule is Cc1ccc(S(C)(=O)=O)cc1C(=O)N(C)Cc1cccc(C#N)c1. The molecule has 124 valence electrons. The van der Waals surface area contributed by atoms with Crippen molar-refractivity contribution in [2.45, 2.75) is 18.4 Å². The second-order valence-electron chi connectivity index (χ2n) is 5.72. The third-order valence-corrected chi connectivity index (χ3v) is 4.80. The van der Waals surface area contributed by atoms with Gasteiger partial charge in [-0.1, -0.05) is 18.2 Å². The van der Waals surface area contributed by atoms with Crippen LogP contribution in [0.15, 0.2) is 47.4 Å². The Balaban J connectivity index is 2.29. The molecular weight excluding hydrogens is 324 g/mol. The molecule has 0 atom stereocenters. The smallest absolute Gasteiger partial charge is 0.254 e. The van der Waals surface area contributed by atoms with Gasteiger partial charge in [0.05, 0.1) is 16.5 Å². The number of hydrogen-bond donors (Lipinski definition) is 0. The lowest BCUT2D eigenvalue weighted by Gasteiger charge is -2.19. The van der Waals surface area contributed by atoms with Crippen LogP contribution in [-0.2, 0) is 16.4 Å². The fraction of sp³-hybridized carbons (Fsp3) is 0.222. The number of hydrogen-bond acceptors (Lipinski definition) is 4. The second-order valence-corrected chi connectivity index (χ2v) is 7.74. The van der Waals surface area contributed by atoms with Gasteiger partial charge < -0.3 is 4.90 Å². The molecule has 24 heavy (non-hydrogen) atoms. The first-order chi connectivity index (χ1) is 11.2. The Labute approximate surface area is 142 Å². The predicted molar refractivity (Wildman–Crippen MR) is 91.2 cm³/mol. The lowest BCUT2D eigenvalue weighted by Crippen LogP contribution is -2.27. The number of carbonyl (C=O) groups is 1. The molecule has 0 aliphatic carbocycles. The van der Waals surface area contributed by atoms with E-state index >= 15 is 0 Å². The van der Waals surface area contributed by atoms with Gasteiger partial charge in [0.2, 0.25) is 0 Å². The third-order valence-electron chi connectivity index (χ3n) is 3.69. The molecule has 0 aliphatic rings. The van der Waals surface area contributed by atoms with Crippen molar-refractivity contribution in [2.24, 2.45) is 0 Å². The van der Waals surface area contributed by atoms with Crippen LogP contribution < -0.4 is 0 Å². The van der Waals surface area contributed by atoms with E-state index in [-0.39, 0.29) is 10.8 Å². The summed E-state index contributed by atoms with van der Waals surface area (Å²) < 4.78 is 23.4. The molecule has 0 fully saturated rings. The maximum Gasteiger partial charge on any atom is 0.254 e. The molecule has 0 aliphatic heterocycles. The van der Waals surface area contributed by atoms with Crippen molar-refractivity contribution in [3.63, 3.8) is 0 Å². The van der Waals surface area contributed by atoms with Gasteiger partial charge in [0, 0.05) is 25.4 Å².